The summed E-state index contributed by atoms with van der Waals surface area (Å²) in [4.78, 5) is 10.6. The van der Waals surface area contributed by atoms with Crippen LogP contribution in [0.15, 0.2) is 194 Å². The lowest BCUT2D eigenvalue weighted by Gasteiger charge is -2.14. The number of nitrogens with zero attached hydrogens (tertiary/aromatic N) is 4. The van der Waals surface area contributed by atoms with Crippen LogP contribution in [0.3, 0.4) is 0 Å². The minimum absolute atomic E-state index is 0.689. The molecule has 0 saturated heterocycles. The van der Waals surface area contributed by atoms with E-state index in [1.54, 1.807) is 0 Å². The summed E-state index contributed by atoms with van der Waals surface area (Å²) >= 11 is 0. The van der Waals surface area contributed by atoms with Crippen molar-refractivity contribution < 1.29 is 0 Å². The molecular weight excluding hydrogens is 681 g/mol. The quantitative estimate of drug-likeness (QED) is 0.170. The summed E-state index contributed by atoms with van der Waals surface area (Å²) in [5.41, 5.74) is 8.61. The minimum Gasteiger partial charge on any atom is -0.309 e. The topological polar surface area (TPSA) is 35.6 Å². The average Bonchev–Trinajstić information content (AvgIpc) is 3.79. The summed E-state index contributed by atoms with van der Waals surface area (Å²) in [6, 6.07) is 69.6. The molecule has 0 spiro atoms. The number of hydrogen-bond donors (Lipinski definition) is 0. The van der Waals surface area contributed by atoms with E-state index in [4.69, 9.17) is 9.97 Å². The van der Waals surface area contributed by atoms with E-state index in [9.17, 15) is 0 Å². The molecule has 3 aromatic heterocycles. The lowest BCUT2D eigenvalue weighted by Crippen LogP contribution is -2.02. The summed E-state index contributed by atoms with van der Waals surface area (Å²) in [7, 11) is 0. The Morgan fingerprint density at radius 1 is 0.286 bits per heavy atom. The lowest BCUT2D eigenvalue weighted by molar-refractivity contribution is 1.05. The van der Waals surface area contributed by atoms with Crippen molar-refractivity contribution in [1.82, 2.24) is 19.1 Å². The number of aromatic nitrogens is 4. The van der Waals surface area contributed by atoms with Gasteiger partial charge in [0.15, 0.2) is 5.82 Å². The third kappa shape index (κ3) is 4.53. The van der Waals surface area contributed by atoms with Gasteiger partial charge in [0.2, 0.25) is 0 Å². The number of hydrogen-bond acceptors (Lipinski definition) is 2. The highest BCUT2D eigenvalue weighted by Crippen LogP contribution is 2.40. The van der Waals surface area contributed by atoms with Crippen LogP contribution in [-0.2, 0) is 0 Å². The van der Waals surface area contributed by atoms with Gasteiger partial charge in [0.1, 0.15) is 5.82 Å². The highest BCUT2D eigenvalue weighted by Gasteiger charge is 2.19. The monoisotopic (exact) mass is 712 g/mol. The fourth-order valence-corrected chi connectivity index (χ4v) is 9.03. The normalized spacial score (nSPS) is 11.9. The maximum absolute atomic E-state index is 5.33. The number of rotatable bonds is 4. The van der Waals surface area contributed by atoms with Crippen molar-refractivity contribution in [3.63, 3.8) is 0 Å². The SMILES string of the molecule is c1ccc(-c2nc(-c3ccc4c5ccccc5c5ccccc5c4c3)cc(-n3c4ccccc4c4cc(-n5c6ccccc6c6ccccc65)ccc43)n2)cc1. The highest BCUT2D eigenvalue weighted by molar-refractivity contribution is 6.25. The second-order valence-electron chi connectivity index (χ2n) is 14.6. The molecule has 9 aromatic carbocycles. The van der Waals surface area contributed by atoms with E-state index in [1.165, 1.54) is 64.9 Å². The summed E-state index contributed by atoms with van der Waals surface area (Å²) in [6.45, 7) is 0. The molecule has 56 heavy (non-hydrogen) atoms. The molecule has 12 aromatic rings. The Morgan fingerprint density at radius 3 is 1.39 bits per heavy atom. The Bertz CT molecular complexity index is 3450. The van der Waals surface area contributed by atoms with E-state index in [1.807, 2.05) is 6.07 Å². The van der Waals surface area contributed by atoms with Crippen molar-refractivity contribution in [3.8, 4) is 34.2 Å². The van der Waals surface area contributed by atoms with Gasteiger partial charge in [-0.1, -0.05) is 146 Å². The highest BCUT2D eigenvalue weighted by atomic mass is 15.1. The molecule has 0 radical (unpaired) electrons. The van der Waals surface area contributed by atoms with Gasteiger partial charge >= 0.3 is 0 Å². The van der Waals surface area contributed by atoms with Crippen LogP contribution in [-0.4, -0.2) is 19.1 Å². The number of fused-ring (bicyclic) bond motifs is 12. The molecule has 0 amide bonds. The van der Waals surface area contributed by atoms with Gasteiger partial charge in [-0.25, -0.2) is 9.97 Å². The first-order valence-electron chi connectivity index (χ1n) is 19.1. The van der Waals surface area contributed by atoms with Crippen LogP contribution in [0.5, 0.6) is 0 Å². The predicted molar refractivity (Wildman–Crippen MR) is 234 cm³/mol. The molecule has 0 atom stereocenters. The van der Waals surface area contributed by atoms with E-state index in [0.29, 0.717) is 5.82 Å². The first kappa shape index (κ1) is 30.9. The fraction of sp³-hybridized carbons (Fsp3) is 0. The minimum atomic E-state index is 0.689. The molecule has 0 aliphatic carbocycles. The molecule has 0 aliphatic rings. The largest absolute Gasteiger partial charge is 0.309 e. The van der Waals surface area contributed by atoms with Crippen LogP contribution in [0.2, 0.25) is 0 Å². The zero-order valence-electron chi connectivity index (χ0n) is 30.3. The average molecular weight is 713 g/mol. The van der Waals surface area contributed by atoms with E-state index < -0.39 is 0 Å². The molecule has 0 aliphatic heterocycles. The second kappa shape index (κ2) is 12.0. The van der Waals surface area contributed by atoms with Crippen LogP contribution in [0.1, 0.15) is 0 Å². The zero-order valence-corrected chi connectivity index (χ0v) is 30.3. The molecule has 3 heterocycles. The maximum Gasteiger partial charge on any atom is 0.162 e. The van der Waals surface area contributed by atoms with E-state index in [2.05, 4.69) is 197 Å². The molecule has 4 nitrogen and oxygen atoms in total. The van der Waals surface area contributed by atoms with Crippen molar-refractivity contribution in [1.29, 1.82) is 0 Å². The van der Waals surface area contributed by atoms with Gasteiger partial charge in [0, 0.05) is 44.4 Å². The molecule has 0 bridgehead atoms. The Kier molecular flexibility index (Phi) is 6.60. The predicted octanol–water partition coefficient (Wildman–Crippen LogP) is 13.5. The lowest BCUT2D eigenvalue weighted by atomic mass is 9.93. The standard InChI is InChI=1S/C52H32N4/c1-2-14-33(15-3-1)52-53-46(34-26-28-40-38-18-5-4-16-36(38)37-17-6-7-19-39(37)44(40)30-34)32-51(54-52)56-49-25-13-10-22-43(49)45-31-35(27-29-50(45)56)55-47-23-11-8-20-41(47)42-21-9-12-24-48(42)55/h1-32H. The van der Waals surface area contributed by atoms with Crippen molar-refractivity contribution in [2.24, 2.45) is 0 Å². The van der Waals surface area contributed by atoms with Gasteiger partial charge in [0.25, 0.3) is 0 Å². The zero-order chi connectivity index (χ0) is 36.7. The van der Waals surface area contributed by atoms with Gasteiger partial charge in [-0.2, -0.15) is 0 Å². The van der Waals surface area contributed by atoms with E-state index >= 15 is 0 Å². The van der Waals surface area contributed by atoms with Gasteiger partial charge in [-0.3, -0.25) is 4.57 Å². The summed E-state index contributed by atoms with van der Waals surface area (Å²) < 4.78 is 4.70. The van der Waals surface area contributed by atoms with E-state index in [-0.39, 0.29) is 0 Å². The van der Waals surface area contributed by atoms with Crippen molar-refractivity contribution in [2.45, 2.75) is 0 Å². The molecule has 260 valence electrons. The first-order chi connectivity index (χ1) is 27.8. The number of para-hydroxylation sites is 3. The van der Waals surface area contributed by atoms with Crippen LogP contribution in [0.4, 0.5) is 0 Å². The Balaban J connectivity index is 1.11. The summed E-state index contributed by atoms with van der Waals surface area (Å²) in [6.07, 6.45) is 0. The Labute approximate surface area is 322 Å². The van der Waals surface area contributed by atoms with Crippen LogP contribution < -0.4 is 0 Å². The smallest absolute Gasteiger partial charge is 0.162 e. The third-order valence-corrected chi connectivity index (χ3v) is 11.5. The Hall–Kier alpha value is -7.56. The van der Waals surface area contributed by atoms with Crippen LogP contribution in [0, 0.1) is 0 Å². The van der Waals surface area contributed by atoms with Gasteiger partial charge in [-0.05, 0) is 74.8 Å². The summed E-state index contributed by atoms with van der Waals surface area (Å²) in [5.74, 6) is 1.52. The Morgan fingerprint density at radius 2 is 0.768 bits per heavy atom. The van der Waals surface area contributed by atoms with Crippen molar-refractivity contribution in [2.75, 3.05) is 0 Å². The van der Waals surface area contributed by atoms with Crippen molar-refractivity contribution >= 4 is 75.9 Å². The molecule has 0 fully saturated rings. The van der Waals surface area contributed by atoms with Crippen LogP contribution >= 0.6 is 0 Å². The molecule has 0 unspecified atom stereocenters. The molecule has 12 rings (SSSR count). The second-order valence-corrected chi connectivity index (χ2v) is 14.6. The molecular formula is C52H32N4. The van der Waals surface area contributed by atoms with Gasteiger partial charge in [-0.15, -0.1) is 0 Å². The molecule has 0 saturated carbocycles. The first-order valence-corrected chi connectivity index (χ1v) is 19.1. The number of benzene rings is 9. The van der Waals surface area contributed by atoms with Gasteiger partial charge in [0.05, 0.1) is 27.8 Å². The van der Waals surface area contributed by atoms with E-state index in [0.717, 1.165) is 39.4 Å². The van der Waals surface area contributed by atoms with Crippen molar-refractivity contribution in [3.05, 3.63) is 194 Å². The van der Waals surface area contributed by atoms with Gasteiger partial charge < -0.3 is 4.57 Å². The fourth-order valence-electron chi connectivity index (χ4n) is 9.03. The molecule has 0 N–H and O–H groups in total. The summed E-state index contributed by atoms with van der Waals surface area (Å²) in [5, 5.41) is 12.3. The molecule has 4 heteroatoms. The van der Waals surface area contributed by atoms with Crippen LogP contribution in [0.25, 0.3) is 110 Å². The maximum atomic E-state index is 5.33. The third-order valence-electron chi connectivity index (χ3n) is 11.5.